The predicted octanol–water partition coefficient (Wildman–Crippen LogP) is 3.44. The Morgan fingerprint density at radius 3 is 2.80 bits per heavy atom. The maximum absolute atomic E-state index is 5.61. The molecule has 20 heavy (non-hydrogen) atoms. The van der Waals surface area contributed by atoms with Gasteiger partial charge in [0.05, 0.1) is 10.7 Å². The summed E-state index contributed by atoms with van der Waals surface area (Å²) in [6.45, 7) is 7.57. The third kappa shape index (κ3) is 4.83. The van der Waals surface area contributed by atoms with Crippen molar-refractivity contribution >= 4 is 11.3 Å². The van der Waals surface area contributed by atoms with E-state index >= 15 is 0 Å². The zero-order valence-corrected chi connectivity index (χ0v) is 13.8. The number of nitrogens with zero attached hydrogens (tertiary/aromatic N) is 2. The van der Waals surface area contributed by atoms with E-state index < -0.39 is 0 Å². The van der Waals surface area contributed by atoms with Crippen molar-refractivity contribution in [1.82, 2.24) is 9.88 Å². The molecule has 114 valence electrons. The van der Waals surface area contributed by atoms with Gasteiger partial charge in [0.15, 0.2) is 0 Å². The second-order valence-corrected chi connectivity index (χ2v) is 7.31. The van der Waals surface area contributed by atoms with Crippen molar-refractivity contribution in [3.8, 4) is 0 Å². The molecule has 0 aromatic carbocycles. The first-order valence-electron chi connectivity index (χ1n) is 8.06. The zero-order chi connectivity index (χ0) is 14.4. The zero-order valence-electron chi connectivity index (χ0n) is 13.0. The molecular formula is C16H29N3S. The lowest BCUT2D eigenvalue weighted by atomic mass is 10.1. The first-order valence-corrected chi connectivity index (χ1v) is 8.94. The van der Waals surface area contributed by atoms with Gasteiger partial charge in [0.1, 0.15) is 0 Å². The van der Waals surface area contributed by atoms with Gasteiger partial charge in [-0.25, -0.2) is 4.98 Å². The van der Waals surface area contributed by atoms with Crippen LogP contribution in [0.2, 0.25) is 0 Å². The molecule has 2 N–H and O–H groups in total. The number of hydrogen-bond acceptors (Lipinski definition) is 4. The number of nitrogens with two attached hydrogens (primary N) is 1. The highest BCUT2D eigenvalue weighted by molar-refractivity contribution is 7.09. The molecule has 0 radical (unpaired) electrons. The molecule has 1 saturated carbocycles. The van der Waals surface area contributed by atoms with Crippen LogP contribution >= 0.6 is 11.3 Å². The number of rotatable bonds is 8. The molecule has 1 aromatic rings. The standard InChI is InChI=1S/C16H29N3S/c1-13(2)8-10-19(15-5-3-4-6-15)11-14-12-20-16(18-14)7-9-17/h12-13,15H,3-11,17H2,1-2H3. The molecule has 0 atom stereocenters. The summed E-state index contributed by atoms with van der Waals surface area (Å²) in [5.41, 5.74) is 6.85. The summed E-state index contributed by atoms with van der Waals surface area (Å²) in [7, 11) is 0. The predicted molar refractivity (Wildman–Crippen MR) is 87.0 cm³/mol. The normalized spacial score (nSPS) is 16.6. The fourth-order valence-corrected chi connectivity index (χ4v) is 3.76. The number of thiazole rings is 1. The molecule has 3 nitrogen and oxygen atoms in total. The van der Waals surface area contributed by atoms with Crippen LogP contribution in [0.5, 0.6) is 0 Å². The van der Waals surface area contributed by atoms with Gasteiger partial charge in [0.25, 0.3) is 0 Å². The fraction of sp³-hybridized carbons (Fsp3) is 0.812. The average Bonchev–Trinajstić information content (AvgIpc) is 3.06. The van der Waals surface area contributed by atoms with Gasteiger partial charge in [-0.3, -0.25) is 4.90 Å². The van der Waals surface area contributed by atoms with Gasteiger partial charge in [0.2, 0.25) is 0 Å². The van der Waals surface area contributed by atoms with Crippen molar-refractivity contribution in [3.63, 3.8) is 0 Å². The summed E-state index contributed by atoms with van der Waals surface area (Å²) < 4.78 is 0. The van der Waals surface area contributed by atoms with Crippen LogP contribution in [0.15, 0.2) is 5.38 Å². The Morgan fingerprint density at radius 1 is 1.40 bits per heavy atom. The van der Waals surface area contributed by atoms with Gasteiger partial charge in [-0.2, -0.15) is 0 Å². The monoisotopic (exact) mass is 295 g/mol. The molecule has 1 aliphatic rings. The number of aromatic nitrogens is 1. The van der Waals surface area contributed by atoms with Crippen LogP contribution in [0.3, 0.4) is 0 Å². The van der Waals surface area contributed by atoms with Gasteiger partial charge in [-0.05, 0) is 38.3 Å². The third-order valence-electron chi connectivity index (χ3n) is 4.16. The van der Waals surface area contributed by atoms with Crippen LogP contribution in [0, 0.1) is 5.92 Å². The van der Waals surface area contributed by atoms with Gasteiger partial charge >= 0.3 is 0 Å². The Labute approximate surface area is 127 Å². The summed E-state index contributed by atoms with van der Waals surface area (Å²) in [6.07, 6.45) is 7.75. The highest BCUT2D eigenvalue weighted by Gasteiger charge is 2.23. The molecule has 0 saturated heterocycles. The Hall–Kier alpha value is -0.450. The third-order valence-corrected chi connectivity index (χ3v) is 5.11. The van der Waals surface area contributed by atoms with E-state index in [0.717, 1.165) is 24.9 Å². The molecule has 0 unspecified atom stereocenters. The lowest BCUT2D eigenvalue weighted by Gasteiger charge is -2.28. The second-order valence-electron chi connectivity index (χ2n) is 6.36. The highest BCUT2D eigenvalue weighted by Crippen LogP contribution is 2.26. The molecule has 1 aliphatic carbocycles. The van der Waals surface area contributed by atoms with Crippen molar-refractivity contribution in [3.05, 3.63) is 16.1 Å². The fourth-order valence-electron chi connectivity index (χ4n) is 2.95. The van der Waals surface area contributed by atoms with Crippen molar-refractivity contribution in [2.45, 2.75) is 65.0 Å². The molecule has 2 rings (SSSR count). The van der Waals surface area contributed by atoms with E-state index in [2.05, 4.69) is 24.1 Å². The Morgan fingerprint density at radius 2 is 2.15 bits per heavy atom. The van der Waals surface area contributed by atoms with Crippen molar-refractivity contribution in [1.29, 1.82) is 0 Å². The van der Waals surface area contributed by atoms with Crippen molar-refractivity contribution in [2.75, 3.05) is 13.1 Å². The molecule has 0 spiro atoms. The molecular weight excluding hydrogens is 266 g/mol. The molecule has 0 aliphatic heterocycles. The average molecular weight is 295 g/mol. The van der Waals surface area contributed by atoms with Crippen LogP contribution in [0.4, 0.5) is 0 Å². The highest BCUT2D eigenvalue weighted by atomic mass is 32.1. The van der Waals surface area contributed by atoms with E-state index in [4.69, 9.17) is 10.7 Å². The molecule has 0 amide bonds. The van der Waals surface area contributed by atoms with E-state index in [1.165, 1.54) is 49.4 Å². The van der Waals surface area contributed by atoms with E-state index in [0.29, 0.717) is 6.54 Å². The van der Waals surface area contributed by atoms with E-state index in [-0.39, 0.29) is 0 Å². The Bertz CT molecular complexity index is 383. The first kappa shape index (κ1) is 15.9. The maximum atomic E-state index is 5.61. The molecule has 1 aromatic heterocycles. The van der Waals surface area contributed by atoms with Crippen LogP contribution < -0.4 is 5.73 Å². The second kappa shape index (κ2) is 8.11. The van der Waals surface area contributed by atoms with E-state index in [1.54, 1.807) is 11.3 Å². The smallest absolute Gasteiger partial charge is 0.0941 e. The van der Waals surface area contributed by atoms with Crippen molar-refractivity contribution < 1.29 is 0 Å². The lowest BCUT2D eigenvalue weighted by molar-refractivity contribution is 0.177. The topological polar surface area (TPSA) is 42.1 Å². The molecule has 0 bridgehead atoms. The molecule has 1 fully saturated rings. The number of hydrogen-bond donors (Lipinski definition) is 1. The van der Waals surface area contributed by atoms with Gasteiger partial charge in [0, 0.05) is 24.4 Å². The van der Waals surface area contributed by atoms with Crippen molar-refractivity contribution in [2.24, 2.45) is 11.7 Å². The van der Waals surface area contributed by atoms with E-state index in [9.17, 15) is 0 Å². The summed E-state index contributed by atoms with van der Waals surface area (Å²) >= 11 is 1.77. The Kier molecular flexibility index (Phi) is 6.46. The van der Waals surface area contributed by atoms with Crippen LogP contribution in [-0.4, -0.2) is 29.0 Å². The SMILES string of the molecule is CC(C)CCN(Cc1csc(CCN)n1)C1CCCC1. The maximum Gasteiger partial charge on any atom is 0.0941 e. The van der Waals surface area contributed by atoms with Gasteiger partial charge < -0.3 is 5.73 Å². The van der Waals surface area contributed by atoms with Crippen LogP contribution in [0.25, 0.3) is 0 Å². The van der Waals surface area contributed by atoms with E-state index in [1.807, 2.05) is 0 Å². The minimum atomic E-state index is 0.701. The summed E-state index contributed by atoms with van der Waals surface area (Å²) in [6, 6.07) is 0.786. The molecule has 1 heterocycles. The van der Waals surface area contributed by atoms with Crippen LogP contribution in [-0.2, 0) is 13.0 Å². The summed E-state index contributed by atoms with van der Waals surface area (Å²) in [4.78, 5) is 7.41. The summed E-state index contributed by atoms with van der Waals surface area (Å²) in [5, 5.41) is 3.42. The largest absolute Gasteiger partial charge is 0.330 e. The van der Waals surface area contributed by atoms with Crippen LogP contribution in [0.1, 0.15) is 56.7 Å². The van der Waals surface area contributed by atoms with Gasteiger partial charge in [-0.15, -0.1) is 11.3 Å². The molecule has 4 heteroatoms. The lowest BCUT2D eigenvalue weighted by Crippen LogP contribution is -2.34. The summed E-state index contributed by atoms with van der Waals surface area (Å²) in [5.74, 6) is 0.780. The minimum absolute atomic E-state index is 0.701. The Balaban J connectivity index is 1.94. The quantitative estimate of drug-likeness (QED) is 0.799. The minimum Gasteiger partial charge on any atom is -0.330 e. The first-order chi connectivity index (χ1) is 9.69. The van der Waals surface area contributed by atoms with Gasteiger partial charge in [-0.1, -0.05) is 26.7 Å².